The van der Waals surface area contributed by atoms with E-state index in [0.29, 0.717) is 0 Å². The number of carboxylic acid groups (broad SMARTS) is 1. The highest BCUT2D eigenvalue weighted by Crippen LogP contribution is 2.29. The number of alkyl halides is 3. The summed E-state index contributed by atoms with van der Waals surface area (Å²) in [5.41, 5.74) is 0.239. The van der Waals surface area contributed by atoms with Crippen molar-refractivity contribution in [1.29, 1.82) is 0 Å². The number of carboxylic acids is 1. The lowest BCUT2D eigenvalue weighted by molar-refractivity contribution is -0.137. The minimum absolute atomic E-state index is 0.239. The molecule has 1 unspecified atom stereocenters. The van der Waals surface area contributed by atoms with Gasteiger partial charge in [0.1, 0.15) is 5.82 Å². The van der Waals surface area contributed by atoms with Crippen LogP contribution in [0.15, 0.2) is 24.3 Å². The molecular formula is C11H10F4NO2-. The molecule has 0 aliphatic carbocycles. The van der Waals surface area contributed by atoms with Crippen LogP contribution in [0.25, 0.3) is 5.32 Å². The van der Waals surface area contributed by atoms with Crippen LogP contribution in [0.4, 0.5) is 17.6 Å². The Balaban J connectivity index is 2.77. The van der Waals surface area contributed by atoms with Gasteiger partial charge in [-0.25, -0.2) is 4.39 Å². The number of benzene rings is 1. The molecule has 0 heterocycles. The van der Waals surface area contributed by atoms with Gasteiger partial charge >= 0.3 is 12.1 Å². The van der Waals surface area contributed by atoms with Gasteiger partial charge in [-0.15, -0.1) is 0 Å². The lowest BCUT2D eigenvalue weighted by Gasteiger charge is -2.31. The number of nitrogens with zero attached hydrogens (tertiary/aromatic N) is 1. The van der Waals surface area contributed by atoms with Crippen LogP contribution >= 0.6 is 0 Å². The summed E-state index contributed by atoms with van der Waals surface area (Å²) in [7, 11) is 0. The predicted molar refractivity (Wildman–Crippen MR) is 55.7 cm³/mol. The van der Waals surface area contributed by atoms with Crippen molar-refractivity contribution >= 4 is 5.97 Å². The molecule has 0 aromatic heterocycles. The Hall–Kier alpha value is -1.63. The van der Waals surface area contributed by atoms with Crippen molar-refractivity contribution in [1.82, 2.24) is 0 Å². The first-order valence-electron chi connectivity index (χ1n) is 4.98. The molecule has 1 aromatic rings. The third-order valence-electron chi connectivity index (χ3n) is 2.11. The van der Waals surface area contributed by atoms with Crippen LogP contribution in [0.2, 0.25) is 0 Å². The van der Waals surface area contributed by atoms with E-state index >= 15 is 0 Å². The lowest BCUT2D eigenvalue weighted by Crippen LogP contribution is -2.16. The van der Waals surface area contributed by atoms with Crippen molar-refractivity contribution in [2.45, 2.75) is 18.6 Å². The summed E-state index contributed by atoms with van der Waals surface area (Å²) >= 11 is 0. The number of halogens is 4. The molecule has 1 N–H and O–H groups in total. The molecule has 1 rings (SSSR count). The van der Waals surface area contributed by atoms with Gasteiger partial charge in [0.25, 0.3) is 0 Å². The van der Waals surface area contributed by atoms with Crippen molar-refractivity contribution in [2.75, 3.05) is 6.54 Å². The maximum Gasteiger partial charge on any atom is 0.371 e. The summed E-state index contributed by atoms with van der Waals surface area (Å²) in [5, 5.41) is 11.9. The second-order valence-electron chi connectivity index (χ2n) is 3.62. The summed E-state index contributed by atoms with van der Waals surface area (Å²) in [4.78, 5) is 10.6. The molecule has 0 saturated carbocycles. The summed E-state index contributed by atoms with van der Waals surface area (Å²) in [6.07, 6.45) is -5.06. The standard InChI is InChI=1S/C11H10F4NO2/c12-8-3-1-7(2-4-8)9(5-10(17)18)16-6-11(13,14)15/h1-4,9H,5-6H2,(H,17,18)/q-1. The van der Waals surface area contributed by atoms with E-state index in [-0.39, 0.29) is 5.56 Å². The fraction of sp³-hybridized carbons (Fsp3) is 0.364. The van der Waals surface area contributed by atoms with Gasteiger partial charge < -0.3 is 10.4 Å². The van der Waals surface area contributed by atoms with E-state index < -0.39 is 37.0 Å². The molecular weight excluding hydrogens is 254 g/mol. The highest BCUT2D eigenvalue weighted by Gasteiger charge is 2.22. The first-order chi connectivity index (χ1) is 8.28. The van der Waals surface area contributed by atoms with Crippen molar-refractivity contribution in [3.8, 4) is 0 Å². The fourth-order valence-electron chi connectivity index (χ4n) is 1.35. The Morgan fingerprint density at radius 2 is 1.83 bits per heavy atom. The zero-order valence-electron chi connectivity index (χ0n) is 9.12. The normalized spacial score (nSPS) is 13.3. The summed E-state index contributed by atoms with van der Waals surface area (Å²) in [6, 6.07) is 3.41. The monoisotopic (exact) mass is 264 g/mol. The van der Waals surface area contributed by atoms with Crippen molar-refractivity contribution in [3.63, 3.8) is 0 Å². The first-order valence-corrected chi connectivity index (χ1v) is 4.98. The average molecular weight is 264 g/mol. The van der Waals surface area contributed by atoms with E-state index in [1.807, 2.05) is 0 Å². The van der Waals surface area contributed by atoms with Gasteiger partial charge in [0.15, 0.2) is 0 Å². The molecule has 1 atom stereocenters. The molecule has 100 valence electrons. The van der Waals surface area contributed by atoms with Crippen LogP contribution in [-0.4, -0.2) is 23.8 Å². The average Bonchev–Trinajstić information content (AvgIpc) is 2.24. The van der Waals surface area contributed by atoms with Gasteiger partial charge in [-0.2, -0.15) is 13.2 Å². The van der Waals surface area contributed by atoms with E-state index in [1.165, 1.54) is 12.1 Å². The first kappa shape index (κ1) is 14.4. The number of rotatable bonds is 5. The zero-order chi connectivity index (χ0) is 13.8. The van der Waals surface area contributed by atoms with Crippen LogP contribution in [-0.2, 0) is 4.79 Å². The lowest BCUT2D eigenvalue weighted by atomic mass is 10.0. The van der Waals surface area contributed by atoms with Crippen LogP contribution < -0.4 is 0 Å². The van der Waals surface area contributed by atoms with Crippen molar-refractivity contribution < 1.29 is 27.5 Å². The molecule has 0 bridgehead atoms. The third-order valence-corrected chi connectivity index (χ3v) is 2.11. The number of hydrogen-bond acceptors (Lipinski definition) is 1. The highest BCUT2D eigenvalue weighted by atomic mass is 19.4. The molecule has 0 radical (unpaired) electrons. The van der Waals surface area contributed by atoms with Gasteiger partial charge in [0.2, 0.25) is 0 Å². The maximum atomic E-state index is 12.7. The van der Waals surface area contributed by atoms with Crippen molar-refractivity contribution in [3.05, 3.63) is 41.0 Å². The molecule has 3 nitrogen and oxygen atoms in total. The van der Waals surface area contributed by atoms with E-state index in [9.17, 15) is 22.4 Å². The summed E-state index contributed by atoms with van der Waals surface area (Å²) < 4.78 is 48.8. The van der Waals surface area contributed by atoms with E-state index in [0.717, 1.165) is 12.1 Å². The molecule has 1 aromatic carbocycles. The third kappa shape index (κ3) is 5.13. The van der Waals surface area contributed by atoms with Crippen LogP contribution in [0.1, 0.15) is 18.0 Å². The van der Waals surface area contributed by atoms with Crippen LogP contribution in [0.3, 0.4) is 0 Å². The van der Waals surface area contributed by atoms with Gasteiger partial charge in [-0.05, 0) is 18.7 Å². The largest absolute Gasteiger partial charge is 0.648 e. The summed E-state index contributed by atoms with van der Waals surface area (Å²) in [6.45, 7) is -1.43. The fourth-order valence-corrected chi connectivity index (χ4v) is 1.35. The van der Waals surface area contributed by atoms with E-state index in [4.69, 9.17) is 5.11 Å². The second kappa shape index (κ2) is 5.81. The van der Waals surface area contributed by atoms with Crippen molar-refractivity contribution in [2.24, 2.45) is 0 Å². The molecule has 18 heavy (non-hydrogen) atoms. The minimum atomic E-state index is -4.49. The van der Waals surface area contributed by atoms with Gasteiger partial charge in [0.05, 0.1) is 0 Å². The molecule has 0 saturated heterocycles. The summed E-state index contributed by atoms with van der Waals surface area (Å²) in [5.74, 6) is -1.82. The van der Waals surface area contributed by atoms with Crippen LogP contribution in [0.5, 0.6) is 0 Å². The SMILES string of the molecule is O=C(O)CC([N-]CC(F)(F)F)c1ccc(F)cc1. The number of aliphatic carboxylic acids is 1. The quantitative estimate of drug-likeness (QED) is 0.830. The van der Waals surface area contributed by atoms with Gasteiger partial charge in [-0.1, -0.05) is 23.7 Å². The molecule has 0 spiro atoms. The maximum absolute atomic E-state index is 12.7. The predicted octanol–water partition coefficient (Wildman–Crippen LogP) is 3.28. The Bertz CT molecular complexity index is 402. The molecule has 0 aliphatic heterocycles. The van der Waals surface area contributed by atoms with Crippen LogP contribution in [0, 0.1) is 5.82 Å². The highest BCUT2D eigenvalue weighted by molar-refractivity contribution is 5.68. The molecule has 0 fully saturated rings. The Morgan fingerprint density at radius 3 is 2.28 bits per heavy atom. The molecule has 0 aliphatic rings. The van der Waals surface area contributed by atoms with Gasteiger partial charge in [0, 0.05) is 6.42 Å². The topological polar surface area (TPSA) is 51.4 Å². The Kier molecular flexibility index (Phi) is 4.66. The Morgan fingerprint density at radius 1 is 1.28 bits per heavy atom. The smallest absolute Gasteiger partial charge is 0.371 e. The zero-order valence-corrected chi connectivity index (χ0v) is 9.12. The molecule has 0 amide bonds. The Labute approximate surface area is 100 Å². The minimum Gasteiger partial charge on any atom is -0.648 e. The number of carbonyl (C=O) groups is 1. The number of hydrogen-bond donors (Lipinski definition) is 1. The van der Waals surface area contributed by atoms with E-state index in [1.54, 1.807) is 0 Å². The molecule has 7 heteroatoms. The van der Waals surface area contributed by atoms with Gasteiger partial charge in [-0.3, -0.25) is 4.79 Å². The second-order valence-corrected chi connectivity index (χ2v) is 3.62. The van der Waals surface area contributed by atoms with E-state index in [2.05, 4.69) is 5.32 Å².